The summed E-state index contributed by atoms with van der Waals surface area (Å²) in [6.45, 7) is 12.1. The van der Waals surface area contributed by atoms with Crippen LogP contribution in [0.2, 0.25) is 0 Å². The summed E-state index contributed by atoms with van der Waals surface area (Å²) in [6.07, 6.45) is 2.23. The van der Waals surface area contributed by atoms with Gasteiger partial charge in [-0.3, -0.25) is 0 Å². The van der Waals surface area contributed by atoms with Crippen LogP contribution in [0.4, 0.5) is 5.69 Å². The number of hydrogen-bond donors (Lipinski definition) is 1. The van der Waals surface area contributed by atoms with Crippen LogP contribution in [0.3, 0.4) is 0 Å². The molecule has 2 nitrogen and oxygen atoms in total. The van der Waals surface area contributed by atoms with E-state index in [4.69, 9.17) is 5.73 Å². The van der Waals surface area contributed by atoms with Crippen molar-refractivity contribution in [2.75, 3.05) is 18.5 Å². The first-order valence-electron chi connectivity index (χ1n) is 7.29. The molecule has 108 valence electrons. The predicted molar refractivity (Wildman–Crippen MR) is 86.0 cm³/mol. The zero-order valence-electron chi connectivity index (χ0n) is 13.5. The summed E-state index contributed by atoms with van der Waals surface area (Å²) < 4.78 is 0. The zero-order valence-corrected chi connectivity index (χ0v) is 13.5. The van der Waals surface area contributed by atoms with Gasteiger partial charge in [-0.15, -0.1) is 0 Å². The number of nitrogens with two attached hydrogens (primary N) is 1. The molecule has 0 saturated heterocycles. The fourth-order valence-electron chi connectivity index (χ4n) is 2.32. The highest BCUT2D eigenvalue weighted by molar-refractivity contribution is 5.54. The van der Waals surface area contributed by atoms with Gasteiger partial charge in [-0.1, -0.05) is 32.9 Å². The van der Waals surface area contributed by atoms with Gasteiger partial charge in [-0.25, -0.2) is 0 Å². The molecule has 0 saturated carbocycles. The van der Waals surface area contributed by atoms with Gasteiger partial charge in [0.25, 0.3) is 0 Å². The van der Waals surface area contributed by atoms with Crippen LogP contribution in [0.1, 0.15) is 51.7 Å². The number of nitrogens with zero attached hydrogens (tertiary/aromatic N) is 1. The van der Waals surface area contributed by atoms with Crippen LogP contribution in [0, 0.1) is 6.92 Å². The minimum Gasteiger partial charge on any atom is -0.374 e. The number of anilines is 1. The lowest BCUT2D eigenvalue weighted by Gasteiger charge is -2.25. The van der Waals surface area contributed by atoms with Crippen LogP contribution >= 0.6 is 0 Å². The molecule has 0 heterocycles. The SMILES string of the molecule is Cc1cc(C(C)(C)C)ccc1N(C)CCCC(C)N. The topological polar surface area (TPSA) is 29.3 Å². The third-order valence-corrected chi connectivity index (χ3v) is 3.63. The Morgan fingerprint density at radius 2 is 1.89 bits per heavy atom. The summed E-state index contributed by atoms with van der Waals surface area (Å²) >= 11 is 0. The van der Waals surface area contributed by atoms with Crippen LogP contribution in [0.5, 0.6) is 0 Å². The van der Waals surface area contributed by atoms with Gasteiger partial charge in [0.2, 0.25) is 0 Å². The number of aryl methyl sites for hydroxylation is 1. The Morgan fingerprint density at radius 3 is 2.37 bits per heavy atom. The van der Waals surface area contributed by atoms with E-state index in [1.165, 1.54) is 16.8 Å². The molecule has 19 heavy (non-hydrogen) atoms. The van der Waals surface area contributed by atoms with Crippen LogP contribution in [-0.2, 0) is 5.41 Å². The molecule has 0 aliphatic heterocycles. The lowest BCUT2D eigenvalue weighted by Crippen LogP contribution is -2.23. The van der Waals surface area contributed by atoms with E-state index in [1.54, 1.807) is 0 Å². The molecule has 1 atom stereocenters. The van der Waals surface area contributed by atoms with Crippen molar-refractivity contribution in [1.29, 1.82) is 0 Å². The average molecular weight is 262 g/mol. The first-order valence-corrected chi connectivity index (χ1v) is 7.29. The first kappa shape index (κ1) is 16.0. The Bertz CT molecular complexity index is 402. The predicted octanol–water partition coefficient (Wildman–Crippen LogP) is 3.86. The minimum absolute atomic E-state index is 0.219. The van der Waals surface area contributed by atoms with Crippen molar-refractivity contribution in [3.05, 3.63) is 29.3 Å². The first-order chi connectivity index (χ1) is 8.71. The Morgan fingerprint density at radius 1 is 1.26 bits per heavy atom. The van der Waals surface area contributed by atoms with Crippen molar-refractivity contribution < 1.29 is 0 Å². The van der Waals surface area contributed by atoms with Gasteiger partial charge in [-0.2, -0.15) is 0 Å². The standard InChI is InChI=1S/C17H30N2/c1-13-12-15(17(3,4)5)9-10-16(13)19(6)11-7-8-14(2)18/h9-10,12,14H,7-8,11,18H2,1-6H3. The van der Waals surface area contributed by atoms with Gasteiger partial charge < -0.3 is 10.6 Å². The van der Waals surface area contributed by atoms with Crippen molar-refractivity contribution in [3.8, 4) is 0 Å². The van der Waals surface area contributed by atoms with Gasteiger partial charge >= 0.3 is 0 Å². The Hall–Kier alpha value is -1.02. The molecular formula is C17H30N2. The second kappa shape index (κ2) is 6.42. The normalized spacial score (nSPS) is 13.4. The maximum absolute atomic E-state index is 5.80. The van der Waals surface area contributed by atoms with Crippen molar-refractivity contribution >= 4 is 5.69 Å². The minimum atomic E-state index is 0.219. The van der Waals surface area contributed by atoms with Gasteiger partial charge in [0, 0.05) is 25.3 Å². The molecule has 0 aromatic heterocycles. The van der Waals surface area contributed by atoms with Crippen molar-refractivity contribution in [3.63, 3.8) is 0 Å². The zero-order chi connectivity index (χ0) is 14.6. The van der Waals surface area contributed by atoms with Crippen molar-refractivity contribution in [2.24, 2.45) is 5.73 Å². The molecular weight excluding hydrogens is 232 g/mol. The molecule has 0 amide bonds. The molecule has 0 aliphatic carbocycles. The van der Waals surface area contributed by atoms with Crippen molar-refractivity contribution in [1.82, 2.24) is 0 Å². The Labute approximate surface area is 119 Å². The highest BCUT2D eigenvalue weighted by atomic mass is 15.1. The fraction of sp³-hybridized carbons (Fsp3) is 0.647. The van der Waals surface area contributed by atoms with Crippen LogP contribution in [-0.4, -0.2) is 19.6 Å². The third-order valence-electron chi connectivity index (χ3n) is 3.63. The van der Waals surface area contributed by atoms with E-state index in [-0.39, 0.29) is 5.41 Å². The van der Waals surface area contributed by atoms with E-state index < -0.39 is 0 Å². The van der Waals surface area contributed by atoms with E-state index in [2.05, 4.69) is 64.8 Å². The van der Waals surface area contributed by atoms with Crippen LogP contribution in [0.15, 0.2) is 18.2 Å². The number of benzene rings is 1. The van der Waals surface area contributed by atoms with Gasteiger partial charge in [0.15, 0.2) is 0 Å². The number of rotatable bonds is 5. The van der Waals surface area contributed by atoms with E-state index in [0.717, 1.165) is 19.4 Å². The Balaban J connectivity index is 2.73. The quantitative estimate of drug-likeness (QED) is 0.873. The second-order valence-corrected chi connectivity index (χ2v) is 6.79. The summed E-state index contributed by atoms with van der Waals surface area (Å²) in [6, 6.07) is 7.13. The Kier molecular flexibility index (Phi) is 5.42. The molecule has 2 N–H and O–H groups in total. The molecule has 2 heteroatoms. The lowest BCUT2D eigenvalue weighted by atomic mass is 9.86. The lowest BCUT2D eigenvalue weighted by molar-refractivity contribution is 0.589. The fourth-order valence-corrected chi connectivity index (χ4v) is 2.32. The summed E-state index contributed by atoms with van der Waals surface area (Å²) in [5.74, 6) is 0. The molecule has 1 aromatic rings. The summed E-state index contributed by atoms with van der Waals surface area (Å²) in [5, 5.41) is 0. The summed E-state index contributed by atoms with van der Waals surface area (Å²) in [5.41, 5.74) is 10.1. The molecule has 0 radical (unpaired) electrons. The van der Waals surface area contributed by atoms with Gasteiger partial charge in [0.1, 0.15) is 0 Å². The highest BCUT2D eigenvalue weighted by Gasteiger charge is 2.15. The molecule has 0 bridgehead atoms. The van der Waals surface area contributed by atoms with Gasteiger partial charge in [-0.05, 0) is 49.3 Å². The summed E-state index contributed by atoms with van der Waals surface area (Å²) in [7, 11) is 2.17. The third kappa shape index (κ3) is 4.87. The molecule has 0 aliphatic rings. The van der Waals surface area contributed by atoms with Gasteiger partial charge in [0.05, 0.1) is 0 Å². The average Bonchev–Trinajstić information content (AvgIpc) is 2.26. The molecule has 1 unspecified atom stereocenters. The maximum Gasteiger partial charge on any atom is 0.0393 e. The maximum atomic E-state index is 5.80. The summed E-state index contributed by atoms with van der Waals surface area (Å²) in [4.78, 5) is 2.34. The molecule has 1 rings (SSSR count). The second-order valence-electron chi connectivity index (χ2n) is 6.79. The van der Waals surface area contributed by atoms with E-state index >= 15 is 0 Å². The van der Waals surface area contributed by atoms with E-state index in [1.807, 2.05) is 0 Å². The highest BCUT2D eigenvalue weighted by Crippen LogP contribution is 2.27. The van der Waals surface area contributed by atoms with Crippen molar-refractivity contribution in [2.45, 2.75) is 58.9 Å². The van der Waals surface area contributed by atoms with E-state index in [9.17, 15) is 0 Å². The molecule has 0 spiro atoms. The van der Waals surface area contributed by atoms with E-state index in [0.29, 0.717) is 6.04 Å². The largest absolute Gasteiger partial charge is 0.374 e. The molecule has 1 aromatic carbocycles. The molecule has 0 fully saturated rings. The number of hydrogen-bond acceptors (Lipinski definition) is 2. The smallest absolute Gasteiger partial charge is 0.0393 e. The monoisotopic (exact) mass is 262 g/mol. The van der Waals surface area contributed by atoms with Crippen LogP contribution in [0.25, 0.3) is 0 Å². The van der Waals surface area contributed by atoms with Crippen LogP contribution < -0.4 is 10.6 Å².